The number of nitrogens with two attached hydrogens (primary N) is 1. The van der Waals surface area contributed by atoms with Gasteiger partial charge in [-0.25, -0.2) is 0 Å². The van der Waals surface area contributed by atoms with Gasteiger partial charge in [-0.15, -0.1) is 4.68 Å². The van der Waals surface area contributed by atoms with Gasteiger partial charge in [-0.3, -0.25) is 0 Å². The van der Waals surface area contributed by atoms with Crippen molar-refractivity contribution < 1.29 is 4.68 Å². The van der Waals surface area contributed by atoms with E-state index in [1.54, 1.807) is 9.48 Å². The van der Waals surface area contributed by atoms with Crippen LogP contribution in [0.5, 0.6) is 0 Å². The molecule has 0 bridgehead atoms. The fraction of sp³-hybridized carbons (Fsp3) is 0.889. The van der Waals surface area contributed by atoms with E-state index >= 15 is 0 Å². The molecule has 5 nitrogen and oxygen atoms in total. The van der Waals surface area contributed by atoms with Crippen LogP contribution >= 0.6 is 0 Å². The first kappa shape index (κ1) is 10.9. The van der Waals surface area contributed by atoms with Gasteiger partial charge in [0, 0.05) is 5.21 Å². The third-order valence-corrected chi connectivity index (χ3v) is 1.82. The van der Waals surface area contributed by atoms with Crippen LogP contribution in [0, 0.1) is 0 Å². The number of tetrazole rings is 1. The maximum atomic E-state index is 5.79. The Morgan fingerprint density at radius 2 is 1.64 bits per heavy atom. The van der Waals surface area contributed by atoms with Crippen molar-refractivity contribution in [2.75, 3.05) is 5.73 Å². The molecule has 1 rings (SSSR count). The smallest absolute Gasteiger partial charge is 0.304 e. The lowest BCUT2D eigenvalue weighted by Gasteiger charge is -2.14. The molecule has 0 fully saturated rings. The number of nitrogen functional groups attached to an aromatic ring is 1. The monoisotopic (exact) mass is 198 g/mol. The second-order valence-electron chi connectivity index (χ2n) is 5.49. The Morgan fingerprint density at radius 1 is 1.14 bits per heavy atom. The van der Waals surface area contributed by atoms with Crippen LogP contribution in [0.3, 0.4) is 0 Å². The zero-order valence-corrected chi connectivity index (χ0v) is 9.87. The Morgan fingerprint density at radius 3 is 1.86 bits per heavy atom. The van der Waals surface area contributed by atoms with Crippen molar-refractivity contribution in [3.63, 3.8) is 0 Å². The first-order chi connectivity index (χ1) is 6.12. The van der Waals surface area contributed by atoms with E-state index in [4.69, 9.17) is 5.73 Å². The van der Waals surface area contributed by atoms with Gasteiger partial charge in [0.05, 0.1) is 10.6 Å². The summed E-state index contributed by atoms with van der Waals surface area (Å²) < 4.78 is 1.73. The summed E-state index contributed by atoms with van der Waals surface area (Å²) in [7, 11) is 0. The van der Waals surface area contributed by atoms with Crippen molar-refractivity contribution in [1.29, 1.82) is 0 Å². The van der Waals surface area contributed by atoms with Gasteiger partial charge in [0.1, 0.15) is 5.54 Å². The molecule has 1 aromatic heterocycles. The Kier molecular flexibility index (Phi) is 2.29. The second-order valence-corrected chi connectivity index (χ2v) is 5.49. The lowest BCUT2D eigenvalue weighted by atomic mass is 10.1. The third kappa shape index (κ3) is 2.02. The molecule has 0 radical (unpaired) electrons. The lowest BCUT2D eigenvalue weighted by molar-refractivity contribution is -0.795. The lowest BCUT2D eigenvalue weighted by Crippen LogP contribution is -2.54. The third-order valence-electron chi connectivity index (χ3n) is 1.82. The molecule has 1 heterocycles. The normalized spacial score (nSPS) is 13.3. The molecule has 0 amide bonds. The summed E-state index contributed by atoms with van der Waals surface area (Å²) in [6.45, 7) is 12.3. The Hall–Kier alpha value is -1.13. The van der Waals surface area contributed by atoms with Crippen LogP contribution < -0.4 is 10.4 Å². The summed E-state index contributed by atoms with van der Waals surface area (Å²) in [5.74, 6) is 0.451. The summed E-state index contributed by atoms with van der Waals surface area (Å²) in [5.41, 5.74) is 5.53. The highest BCUT2D eigenvalue weighted by Crippen LogP contribution is 2.11. The molecule has 14 heavy (non-hydrogen) atoms. The minimum absolute atomic E-state index is 0.131. The van der Waals surface area contributed by atoms with E-state index in [1.165, 1.54) is 0 Å². The number of hydrogen-bond acceptors (Lipinski definition) is 3. The maximum absolute atomic E-state index is 5.79. The molecule has 2 N–H and O–H groups in total. The van der Waals surface area contributed by atoms with E-state index in [0.717, 1.165) is 0 Å². The molecule has 1 aromatic rings. The van der Waals surface area contributed by atoms with Crippen LogP contribution in [0.15, 0.2) is 0 Å². The molecule has 0 unspecified atom stereocenters. The summed E-state index contributed by atoms with van der Waals surface area (Å²) >= 11 is 0. The molecule has 0 saturated heterocycles. The van der Waals surface area contributed by atoms with Crippen molar-refractivity contribution in [3.8, 4) is 0 Å². The number of nitrogens with zero attached hydrogens (tertiary/aromatic N) is 4. The van der Waals surface area contributed by atoms with Gasteiger partial charge in [0.15, 0.2) is 0 Å². The summed E-state index contributed by atoms with van der Waals surface area (Å²) in [6.07, 6.45) is 0. The zero-order chi connectivity index (χ0) is 11.1. The predicted octanol–water partition coefficient (Wildman–Crippen LogP) is 0.658. The van der Waals surface area contributed by atoms with Crippen LogP contribution in [0.1, 0.15) is 41.5 Å². The van der Waals surface area contributed by atoms with Gasteiger partial charge in [0.25, 0.3) is 0 Å². The largest absolute Gasteiger partial charge is 0.396 e. The first-order valence-electron chi connectivity index (χ1n) is 4.78. The molecule has 0 spiro atoms. The van der Waals surface area contributed by atoms with Crippen LogP contribution in [0.25, 0.3) is 0 Å². The van der Waals surface area contributed by atoms with Crippen LogP contribution in [-0.4, -0.2) is 15.1 Å². The van der Waals surface area contributed by atoms with E-state index in [9.17, 15) is 0 Å². The topological polar surface area (TPSA) is 60.6 Å². The van der Waals surface area contributed by atoms with Crippen molar-refractivity contribution in [1.82, 2.24) is 15.1 Å². The van der Waals surface area contributed by atoms with Crippen LogP contribution in [-0.2, 0) is 11.1 Å². The standard InChI is InChI=1S/C9H20N5/c1-8(2,3)13-7(10)11-14(12-13)9(4,5)6/h1-6H3,(H2,10,11,12)/q+1. The van der Waals surface area contributed by atoms with E-state index < -0.39 is 0 Å². The van der Waals surface area contributed by atoms with Crippen molar-refractivity contribution in [2.45, 2.75) is 52.6 Å². The Bertz CT molecular complexity index is 326. The molecule has 0 aliphatic heterocycles. The molecule has 0 aliphatic rings. The fourth-order valence-corrected chi connectivity index (χ4v) is 1.05. The summed E-state index contributed by atoms with van der Waals surface area (Å²) in [6, 6.07) is 0. The van der Waals surface area contributed by atoms with E-state index in [0.29, 0.717) is 5.95 Å². The maximum Gasteiger partial charge on any atom is 0.396 e. The molecule has 0 atom stereocenters. The van der Waals surface area contributed by atoms with Crippen molar-refractivity contribution >= 4 is 5.95 Å². The molecule has 0 aliphatic carbocycles. The molecular weight excluding hydrogens is 178 g/mol. The minimum atomic E-state index is -0.134. The SMILES string of the molecule is CC(C)(C)n1nc(N)[n+](C(C)(C)C)n1. The molecule has 0 saturated carbocycles. The van der Waals surface area contributed by atoms with E-state index in [2.05, 4.69) is 10.3 Å². The number of aromatic nitrogens is 4. The Labute approximate surface area is 84.9 Å². The highest BCUT2D eigenvalue weighted by Gasteiger charge is 2.30. The van der Waals surface area contributed by atoms with Gasteiger partial charge in [-0.05, 0) is 46.3 Å². The van der Waals surface area contributed by atoms with Gasteiger partial charge < -0.3 is 5.73 Å². The van der Waals surface area contributed by atoms with Crippen LogP contribution in [0.2, 0.25) is 0 Å². The minimum Gasteiger partial charge on any atom is -0.304 e. The molecule has 5 heteroatoms. The first-order valence-corrected chi connectivity index (χ1v) is 4.78. The van der Waals surface area contributed by atoms with Crippen molar-refractivity contribution in [3.05, 3.63) is 0 Å². The zero-order valence-electron chi connectivity index (χ0n) is 9.87. The Balaban J connectivity index is 3.19. The van der Waals surface area contributed by atoms with E-state index in [1.807, 2.05) is 41.5 Å². The molecule has 0 aromatic carbocycles. The number of rotatable bonds is 0. The van der Waals surface area contributed by atoms with Crippen LogP contribution in [0.4, 0.5) is 5.95 Å². The molecule has 80 valence electrons. The number of anilines is 1. The number of hydrogen-bond donors (Lipinski definition) is 1. The second kappa shape index (κ2) is 2.93. The van der Waals surface area contributed by atoms with Crippen molar-refractivity contribution in [2.24, 2.45) is 0 Å². The summed E-state index contributed by atoms with van der Waals surface area (Å²) in [5, 5.41) is 8.54. The molecular formula is C9H20N5+. The highest BCUT2D eigenvalue weighted by atomic mass is 15.7. The average Bonchev–Trinajstić information content (AvgIpc) is 2.27. The quantitative estimate of drug-likeness (QED) is 0.623. The highest BCUT2D eigenvalue weighted by molar-refractivity contribution is 5.00. The van der Waals surface area contributed by atoms with Gasteiger partial charge in [-0.2, -0.15) is 0 Å². The van der Waals surface area contributed by atoms with Gasteiger partial charge in [0.2, 0.25) is 0 Å². The summed E-state index contributed by atoms with van der Waals surface area (Å²) in [4.78, 5) is 1.65. The fourth-order valence-electron chi connectivity index (χ4n) is 1.05. The van der Waals surface area contributed by atoms with Gasteiger partial charge >= 0.3 is 5.95 Å². The van der Waals surface area contributed by atoms with E-state index in [-0.39, 0.29) is 11.1 Å². The average molecular weight is 198 g/mol. The predicted molar refractivity (Wildman–Crippen MR) is 54.6 cm³/mol. The van der Waals surface area contributed by atoms with Gasteiger partial charge in [-0.1, -0.05) is 0 Å².